The van der Waals surface area contributed by atoms with Gasteiger partial charge in [0, 0.05) is 20.2 Å². The van der Waals surface area contributed by atoms with Crippen molar-refractivity contribution >= 4 is 0 Å². The maximum Gasteiger partial charge on any atom is 0.107 e. The Bertz CT molecular complexity index is 165. The van der Waals surface area contributed by atoms with Gasteiger partial charge in [-0.05, 0) is 0 Å². The molecular weight excluding hydrogens is 154 g/mol. The number of ether oxygens (including phenoxy) is 2. The van der Waals surface area contributed by atoms with Crippen LogP contribution in [0.3, 0.4) is 0 Å². The van der Waals surface area contributed by atoms with E-state index in [4.69, 9.17) is 9.47 Å². The van der Waals surface area contributed by atoms with Gasteiger partial charge < -0.3 is 9.47 Å². The highest BCUT2D eigenvalue weighted by atomic mass is 16.5. The summed E-state index contributed by atoms with van der Waals surface area (Å²) < 4.78 is 10.0. The average molecular weight is 169 g/mol. The van der Waals surface area contributed by atoms with E-state index in [2.05, 4.69) is 16.7 Å². The number of rotatable bonds is 2. The first kappa shape index (κ1) is 9.53. The molecule has 1 fully saturated rings. The smallest absolute Gasteiger partial charge is 0.107 e. The van der Waals surface area contributed by atoms with Gasteiger partial charge >= 0.3 is 0 Å². The van der Waals surface area contributed by atoms with Gasteiger partial charge in [0.2, 0.25) is 0 Å². The number of hydrogen-bond donors (Lipinski definition) is 0. The maximum atomic E-state index is 5.21. The normalized spacial score (nSPS) is 18.4. The Labute approximate surface area is 73.6 Å². The van der Waals surface area contributed by atoms with Crippen molar-refractivity contribution in [3.63, 3.8) is 0 Å². The summed E-state index contributed by atoms with van der Waals surface area (Å²) in [5, 5.41) is 0. The monoisotopic (exact) mass is 169 g/mol. The van der Waals surface area contributed by atoms with Crippen molar-refractivity contribution in [1.29, 1.82) is 0 Å². The van der Waals surface area contributed by atoms with E-state index >= 15 is 0 Å². The lowest BCUT2D eigenvalue weighted by atomic mass is 10.4. The summed E-state index contributed by atoms with van der Waals surface area (Å²) in [6.07, 6.45) is 0. The molecule has 3 nitrogen and oxygen atoms in total. The van der Waals surface area contributed by atoms with Crippen molar-refractivity contribution in [3.8, 4) is 11.8 Å². The van der Waals surface area contributed by atoms with Crippen LogP contribution in [-0.2, 0) is 9.47 Å². The second-order valence-electron chi connectivity index (χ2n) is 2.68. The molecule has 0 aromatic heterocycles. The van der Waals surface area contributed by atoms with Gasteiger partial charge in [0.25, 0.3) is 0 Å². The molecule has 1 aliphatic rings. The third-order valence-corrected chi connectivity index (χ3v) is 1.75. The van der Waals surface area contributed by atoms with E-state index in [1.807, 2.05) is 0 Å². The van der Waals surface area contributed by atoms with Crippen LogP contribution in [0.5, 0.6) is 0 Å². The highest BCUT2D eigenvalue weighted by Crippen LogP contribution is 1.94. The predicted molar refractivity (Wildman–Crippen MR) is 46.9 cm³/mol. The minimum absolute atomic E-state index is 0.532. The fourth-order valence-electron chi connectivity index (χ4n) is 1.05. The summed E-state index contributed by atoms with van der Waals surface area (Å²) >= 11 is 0. The zero-order chi connectivity index (χ0) is 8.65. The summed E-state index contributed by atoms with van der Waals surface area (Å²) in [7, 11) is 1.66. The first-order valence-corrected chi connectivity index (χ1v) is 4.18. The standard InChI is InChI=1S/C9H15NO2/c1-11-7-3-2-4-10-5-8-12-9-6-10/h4-9H2,1H3. The highest BCUT2D eigenvalue weighted by Gasteiger charge is 2.07. The molecule has 0 N–H and O–H groups in total. The summed E-state index contributed by atoms with van der Waals surface area (Å²) in [4.78, 5) is 2.28. The molecule has 0 aliphatic carbocycles. The summed E-state index contributed by atoms with van der Waals surface area (Å²) in [5.74, 6) is 5.98. The van der Waals surface area contributed by atoms with Crippen LogP contribution in [0, 0.1) is 11.8 Å². The van der Waals surface area contributed by atoms with E-state index in [0.717, 1.165) is 32.8 Å². The molecular formula is C9H15NO2. The van der Waals surface area contributed by atoms with Crippen molar-refractivity contribution in [3.05, 3.63) is 0 Å². The molecule has 0 spiro atoms. The molecule has 1 heterocycles. The quantitative estimate of drug-likeness (QED) is 0.542. The SMILES string of the molecule is COCC#CCN1CCOCC1. The van der Waals surface area contributed by atoms with Gasteiger partial charge in [-0.25, -0.2) is 0 Å². The van der Waals surface area contributed by atoms with E-state index < -0.39 is 0 Å². The second kappa shape index (κ2) is 6.01. The van der Waals surface area contributed by atoms with Crippen molar-refractivity contribution in [2.75, 3.05) is 46.6 Å². The highest BCUT2D eigenvalue weighted by molar-refractivity contribution is 5.01. The zero-order valence-electron chi connectivity index (χ0n) is 7.51. The van der Waals surface area contributed by atoms with Crippen molar-refractivity contribution in [2.24, 2.45) is 0 Å². The number of hydrogen-bond acceptors (Lipinski definition) is 3. The van der Waals surface area contributed by atoms with Crippen LogP contribution >= 0.6 is 0 Å². The van der Waals surface area contributed by atoms with E-state index in [1.165, 1.54) is 0 Å². The van der Waals surface area contributed by atoms with Gasteiger partial charge in [0.05, 0.1) is 19.8 Å². The van der Waals surface area contributed by atoms with Crippen LogP contribution in [0.4, 0.5) is 0 Å². The first-order valence-electron chi connectivity index (χ1n) is 4.18. The molecule has 1 rings (SSSR count). The second-order valence-corrected chi connectivity index (χ2v) is 2.68. The van der Waals surface area contributed by atoms with Gasteiger partial charge in [0.1, 0.15) is 6.61 Å². The fourth-order valence-corrected chi connectivity index (χ4v) is 1.05. The van der Waals surface area contributed by atoms with Crippen LogP contribution in [-0.4, -0.2) is 51.5 Å². The molecule has 0 radical (unpaired) electrons. The Morgan fingerprint density at radius 3 is 2.75 bits per heavy atom. The largest absolute Gasteiger partial charge is 0.379 e. The summed E-state index contributed by atoms with van der Waals surface area (Å²) in [5.41, 5.74) is 0. The van der Waals surface area contributed by atoms with E-state index in [-0.39, 0.29) is 0 Å². The topological polar surface area (TPSA) is 21.7 Å². The van der Waals surface area contributed by atoms with Gasteiger partial charge in [-0.3, -0.25) is 4.90 Å². The molecule has 0 unspecified atom stereocenters. The molecule has 0 aromatic rings. The number of morpholine rings is 1. The van der Waals surface area contributed by atoms with Crippen molar-refractivity contribution < 1.29 is 9.47 Å². The molecule has 0 saturated carbocycles. The Morgan fingerprint density at radius 2 is 2.08 bits per heavy atom. The molecule has 1 saturated heterocycles. The summed E-state index contributed by atoms with van der Waals surface area (Å²) in [6, 6.07) is 0. The van der Waals surface area contributed by atoms with Crippen molar-refractivity contribution in [2.45, 2.75) is 0 Å². The van der Waals surface area contributed by atoms with Crippen LogP contribution in [0.2, 0.25) is 0 Å². The molecule has 68 valence electrons. The zero-order valence-corrected chi connectivity index (χ0v) is 7.51. The van der Waals surface area contributed by atoms with E-state index in [0.29, 0.717) is 6.61 Å². The molecule has 0 amide bonds. The third-order valence-electron chi connectivity index (χ3n) is 1.75. The van der Waals surface area contributed by atoms with Gasteiger partial charge in [-0.1, -0.05) is 11.8 Å². The van der Waals surface area contributed by atoms with Crippen LogP contribution in [0.1, 0.15) is 0 Å². The van der Waals surface area contributed by atoms with Crippen LogP contribution in [0.15, 0.2) is 0 Å². The lowest BCUT2D eigenvalue weighted by Gasteiger charge is -2.24. The lowest BCUT2D eigenvalue weighted by Crippen LogP contribution is -2.36. The van der Waals surface area contributed by atoms with Gasteiger partial charge in [-0.15, -0.1) is 0 Å². The van der Waals surface area contributed by atoms with E-state index in [9.17, 15) is 0 Å². The van der Waals surface area contributed by atoms with Gasteiger partial charge in [0.15, 0.2) is 0 Å². The van der Waals surface area contributed by atoms with Gasteiger partial charge in [-0.2, -0.15) is 0 Å². The molecule has 0 atom stereocenters. The molecule has 1 aliphatic heterocycles. The number of methoxy groups -OCH3 is 1. The summed E-state index contributed by atoms with van der Waals surface area (Å²) in [6.45, 7) is 5.05. The number of nitrogens with zero attached hydrogens (tertiary/aromatic N) is 1. The maximum absolute atomic E-state index is 5.21. The average Bonchev–Trinajstić information content (AvgIpc) is 2.14. The van der Waals surface area contributed by atoms with Crippen LogP contribution in [0.25, 0.3) is 0 Å². The minimum Gasteiger partial charge on any atom is -0.379 e. The predicted octanol–water partition coefficient (Wildman–Crippen LogP) is -0.0316. The van der Waals surface area contributed by atoms with Crippen LogP contribution < -0.4 is 0 Å². The fraction of sp³-hybridized carbons (Fsp3) is 0.778. The van der Waals surface area contributed by atoms with E-state index in [1.54, 1.807) is 7.11 Å². The minimum atomic E-state index is 0.532. The Kier molecular flexibility index (Phi) is 4.77. The lowest BCUT2D eigenvalue weighted by molar-refractivity contribution is 0.0443. The first-order chi connectivity index (χ1) is 5.93. The van der Waals surface area contributed by atoms with Crippen molar-refractivity contribution in [1.82, 2.24) is 4.90 Å². The third kappa shape index (κ3) is 3.72. The molecule has 0 aromatic carbocycles. The Balaban J connectivity index is 2.09. The molecule has 3 heteroatoms. The molecule has 12 heavy (non-hydrogen) atoms. The Morgan fingerprint density at radius 1 is 1.33 bits per heavy atom. The molecule has 0 bridgehead atoms. The Hall–Kier alpha value is -0.560.